The zero-order valence-electron chi connectivity index (χ0n) is 12.2. The van der Waals surface area contributed by atoms with Crippen molar-refractivity contribution in [2.75, 3.05) is 11.9 Å². The molecule has 2 aromatic rings. The summed E-state index contributed by atoms with van der Waals surface area (Å²) in [5.41, 5.74) is 2.05. The summed E-state index contributed by atoms with van der Waals surface area (Å²) in [4.78, 5) is 4.43. The fraction of sp³-hybridized carbons (Fsp3) is 0.471. The molecule has 0 unspecified atom stereocenters. The highest BCUT2D eigenvalue weighted by atomic mass is 35.5. The molecule has 1 aromatic heterocycles. The number of hydrogen-bond acceptors (Lipinski definition) is 2. The van der Waals surface area contributed by atoms with E-state index in [2.05, 4.69) is 17.2 Å². The molecule has 0 atom stereocenters. The number of hydrogen-bond donors (Lipinski definition) is 1. The average molecular weight is 291 g/mol. The molecule has 20 heavy (non-hydrogen) atoms. The summed E-state index contributed by atoms with van der Waals surface area (Å²) in [6, 6.07) is 7.90. The molecule has 0 aliphatic rings. The van der Waals surface area contributed by atoms with Gasteiger partial charge in [-0.1, -0.05) is 50.6 Å². The van der Waals surface area contributed by atoms with Crippen LogP contribution in [-0.2, 0) is 0 Å². The second-order valence-corrected chi connectivity index (χ2v) is 5.60. The standard InChI is InChI=1S/C17H23ClN2/c1-2-3-4-5-6-7-12-19-16-11-10-15(18)14-9-8-13-20-17(14)16/h8-11,13,19H,2-7,12H2,1H3. The second-order valence-electron chi connectivity index (χ2n) is 5.19. The van der Waals surface area contributed by atoms with Gasteiger partial charge < -0.3 is 5.32 Å². The Bertz CT molecular complexity index is 540. The molecule has 1 N–H and O–H groups in total. The lowest BCUT2D eigenvalue weighted by atomic mass is 10.1. The molecule has 0 aliphatic heterocycles. The minimum Gasteiger partial charge on any atom is -0.383 e. The number of unbranched alkanes of at least 4 members (excludes halogenated alkanes) is 5. The zero-order chi connectivity index (χ0) is 14.2. The Hall–Kier alpha value is -1.28. The fourth-order valence-electron chi connectivity index (χ4n) is 2.41. The maximum absolute atomic E-state index is 6.19. The second kappa shape index (κ2) is 8.11. The van der Waals surface area contributed by atoms with E-state index in [1.165, 1.54) is 38.5 Å². The lowest BCUT2D eigenvalue weighted by molar-refractivity contribution is 0.617. The molecule has 0 spiro atoms. The van der Waals surface area contributed by atoms with Gasteiger partial charge in [0.05, 0.1) is 16.2 Å². The Morgan fingerprint density at radius 3 is 2.70 bits per heavy atom. The topological polar surface area (TPSA) is 24.9 Å². The molecular weight excluding hydrogens is 268 g/mol. The summed E-state index contributed by atoms with van der Waals surface area (Å²) in [6.07, 6.45) is 9.69. The molecule has 2 nitrogen and oxygen atoms in total. The molecule has 0 aliphatic carbocycles. The first-order valence-corrected chi connectivity index (χ1v) is 7.98. The van der Waals surface area contributed by atoms with Crippen LogP contribution in [0.25, 0.3) is 10.9 Å². The normalized spacial score (nSPS) is 10.9. The number of pyridine rings is 1. The summed E-state index contributed by atoms with van der Waals surface area (Å²) < 4.78 is 0. The molecule has 2 rings (SSSR count). The summed E-state index contributed by atoms with van der Waals surface area (Å²) in [6.45, 7) is 3.25. The Morgan fingerprint density at radius 2 is 1.85 bits per heavy atom. The van der Waals surface area contributed by atoms with Crippen molar-refractivity contribution in [1.29, 1.82) is 0 Å². The van der Waals surface area contributed by atoms with E-state index in [1.54, 1.807) is 0 Å². The van der Waals surface area contributed by atoms with Crippen molar-refractivity contribution < 1.29 is 0 Å². The van der Waals surface area contributed by atoms with Crippen LogP contribution in [0.2, 0.25) is 5.02 Å². The molecule has 0 bridgehead atoms. The van der Waals surface area contributed by atoms with Crippen molar-refractivity contribution in [1.82, 2.24) is 4.98 Å². The van der Waals surface area contributed by atoms with Crippen molar-refractivity contribution in [2.45, 2.75) is 45.4 Å². The molecule has 3 heteroatoms. The van der Waals surface area contributed by atoms with Gasteiger partial charge in [0.25, 0.3) is 0 Å². The summed E-state index contributed by atoms with van der Waals surface area (Å²) in [7, 11) is 0. The molecule has 108 valence electrons. The Labute approximate surface area is 126 Å². The first-order chi connectivity index (χ1) is 9.83. The summed E-state index contributed by atoms with van der Waals surface area (Å²) in [5.74, 6) is 0. The molecule has 0 radical (unpaired) electrons. The summed E-state index contributed by atoms with van der Waals surface area (Å²) >= 11 is 6.19. The van der Waals surface area contributed by atoms with E-state index >= 15 is 0 Å². The molecule has 0 amide bonds. The maximum atomic E-state index is 6.19. The molecule has 0 fully saturated rings. The van der Waals surface area contributed by atoms with Crippen molar-refractivity contribution in [3.63, 3.8) is 0 Å². The molecule has 0 saturated heterocycles. The third-order valence-corrected chi connectivity index (χ3v) is 3.89. The Morgan fingerprint density at radius 1 is 1.05 bits per heavy atom. The number of nitrogens with zero attached hydrogens (tertiary/aromatic N) is 1. The van der Waals surface area contributed by atoms with E-state index in [0.29, 0.717) is 0 Å². The van der Waals surface area contributed by atoms with E-state index in [-0.39, 0.29) is 0 Å². The third-order valence-electron chi connectivity index (χ3n) is 3.56. The number of aromatic nitrogens is 1. The van der Waals surface area contributed by atoms with Crippen LogP contribution in [0.15, 0.2) is 30.5 Å². The van der Waals surface area contributed by atoms with Gasteiger partial charge in [-0.05, 0) is 30.7 Å². The lowest BCUT2D eigenvalue weighted by Gasteiger charge is -2.10. The third kappa shape index (κ3) is 4.11. The zero-order valence-corrected chi connectivity index (χ0v) is 12.9. The van der Waals surface area contributed by atoms with Crippen molar-refractivity contribution >= 4 is 28.2 Å². The van der Waals surface area contributed by atoms with E-state index in [1.807, 2.05) is 30.5 Å². The first kappa shape index (κ1) is 15.1. The number of benzene rings is 1. The number of anilines is 1. The van der Waals surface area contributed by atoms with Gasteiger partial charge in [-0.3, -0.25) is 4.98 Å². The largest absolute Gasteiger partial charge is 0.383 e. The number of rotatable bonds is 8. The first-order valence-electron chi connectivity index (χ1n) is 7.60. The molecular formula is C17H23ClN2. The quantitative estimate of drug-likeness (QED) is 0.634. The number of nitrogens with one attached hydrogen (secondary N) is 1. The number of halogens is 1. The van der Waals surface area contributed by atoms with Gasteiger partial charge in [0, 0.05) is 18.1 Å². The van der Waals surface area contributed by atoms with Gasteiger partial charge in [0.1, 0.15) is 0 Å². The maximum Gasteiger partial charge on any atom is 0.0948 e. The van der Waals surface area contributed by atoms with E-state index < -0.39 is 0 Å². The van der Waals surface area contributed by atoms with E-state index in [0.717, 1.165) is 28.2 Å². The Balaban J connectivity index is 1.86. The van der Waals surface area contributed by atoms with Gasteiger partial charge in [-0.25, -0.2) is 0 Å². The van der Waals surface area contributed by atoms with Crippen LogP contribution in [0.4, 0.5) is 5.69 Å². The SMILES string of the molecule is CCCCCCCCNc1ccc(Cl)c2cccnc12. The van der Waals surface area contributed by atoms with Gasteiger partial charge in [-0.2, -0.15) is 0 Å². The van der Waals surface area contributed by atoms with Crippen LogP contribution >= 0.6 is 11.6 Å². The van der Waals surface area contributed by atoms with Crippen molar-refractivity contribution in [3.8, 4) is 0 Å². The highest BCUT2D eigenvalue weighted by molar-refractivity contribution is 6.35. The van der Waals surface area contributed by atoms with Gasteiger partial charge in [0.2, 0.25) is 0 Å². The van der Waals surface area contributed by atoms with Crippen molar-refractivity contribution in [3.05, 3.63) is 35.5 Å². The molecule has 1 aromatic carbocycles. The fourth-order valence-corrected chi connectivity index (χ4v) is 2.62. The van der Waals surface area contributed by atoms with Gasteiger partial charge >= 0.3 is 0 Å². The minimum atomic E-state index is 0.762. The highest BCUT2D eigenvalue weighted by Crippen LogP contribution is 2.27. The molecule has 0 saturated carbocycles. The van der Waals surface area contributed by atoms with Crippen LogP contribution in [0.1, 0.15) is 45.4 Å². The van der Waals surface area contributed by atoms with Gasteiger partial charge in [0.15, 0.2) is 0 Å². The predicted octanol–water partition coefficient (Wildman–Crippen LogP) is 5.66. The van der Waals surface area contributed by atoms with Crippen LogP contribution in [-0.4, -0.2) is 11.5 Å². The molecule has 1 heterocycles. The summed E-state index contributed by atoms with van der Waals surface area (Å²) in [5, 5.41) is 5.26. The van der Waals surface area contributed by atoms with Crippen molar-refractivity contribution in [2.24, 2.45) is 0 Å². The van der Waals surface area contributed by atoms with E-state index in [4.69, 9.17) is 11.6 Å². The van der Waals surface area contributed by atoms with Gasteiger partial charge in [-0.15, -0.1) is 0 Å². The highest BCUT2D eigenvalue weighted by Gasteiger charge is 2.04. The predicted molar refractivity (Wildman–Crippen MR) is 88.6 cm³/mol. The monoisotopic (exact) mass is 290 g/mol. The minimum absolute atomic E-state index is 0.762. The lowest BCUT2D eigenvalue weighted by Crippen LogP contribution is -2.02. The number of fused-ring (bicyclic) bond motifs is 1. The smallest absolute Gasteiger partial charge is 0.0948 e. The van der Waals surface area contributed by atoms with Crippen LogP contribution < -0.4 is 5.32 Å². The van der Waals surface area contributed by atoms with Crippen LogP contribution in [0, 0.1) is 0 Å². The Kier molecular flexibility index (Phi) is 6.13. The van der Waals surface area contributed by atoms with Crippen LogP contribution in [0.5, 0.6) is 0 Å². The van der Waals surface area contributed by atoms with Crippen LogP contribution in [0.3, 0.4) is 0 Å². The average Bonchev–Trinajstić information content (AvgIpc) is 2.49. The van der Waals surface area contributed by atoms with E-state index in [9.17, 15) is 0 Å².